The first-order valence-corrected chi connectivity index (χ1v) is 7.01. The Hall–Kier alpha value is -0.610. The third-order valence-electron chi connectivity index (χ3n) is 3.92. The summed E-state index contributed by atoms with van der Waals surface area (Å²) in [4.78, 5) is 16.8. The van der Waals surface area contributed by atoms with Crippen LogP contribution in [0.15, 0.2) is 0 Å². The normalized spacial score (nSPS) is 20.3. The highest BCUT2D eigenvalue weighted by Gasteiger charge is 2.31. The minimum absolute atomic E-state index is 0.0220. The van der Waals surface area contributed by atoms with E-state index in [0.29, 0.717) is 12.5 Å². The van der Waals surface area contributed by atoms with Gasteiger partial charge in [0.05, 0.1) is 5.92 Å². The molecule has 0 aromatic carbocycles. The second-order valence-electron chi connectivity index (χ2n) is 6.57. The number of hydrogen-bond donors (Lipinski definition) is 1. The Bertz CT molecular complexity index is 275. The van der Waals surface area contributed by atoms with Gasteiger partial charge in [0.15, 0.2) is 0 Å². The number of carbonyl (C=O) groups excluding carboxylic acids is 1. The Kier molecular flexibility index (Phi) is 5.17. The summed E-state index contributed by atoms with van der Waals surface area (Å²) in [5.74, 6) is 0.537. The van der Waals surface area contributed by atoms with Gasteiger partial charge >= 0.3 is 0 Å². The minimum atomic E-state index is -0.0220. The molecular formula is C14H29N3O. The Morgan fingerprint density at radius 2 is 1.67 bits per heavy atom. The van der Waals surface area contributed by atoms with E-state index >= 15 is 0 Å². The van der Waals surface area contributed by atoms with Crippen molar-refractivity contribution in [1.82, 2.24) is 9.80 Å². The van der Waals surface area contributed by atoms with Gasteiger partial charge in [0.2, 0.25) is 5.91 Å². The van der Waals surface area contributed by atoms with E-state index in [1.54, 1.807) is 0 Å². The van der Waals surface area contributed by atoms with Gasteiger partial charge in [-0.25, -0.2) is 0 Å². The van der Waals surface area contributed by atoms with E-state index in [1.807, 2.05) is 4.90 Å². The van der Waals surface area contributed by atoms with Crippen LogP contribution in [-0.2, 0) is 4.79 Å². The second kappa shape index (κ2) is 6.02. The molecule has 2 N–H and O–H groups in total. The highest BCUT2D eigenvalue weighted by molar-refractivity contribution is 5.79. The number of hydrogen-bond acceptors (Lipinski definition) is 3. The number of carbonyl (C=O) groups is 1. The Labute approximate surface area is 111 Å². The first kappa shape index (κ1) is 15.4. The molecule has 0 bridgehead atoms. The van der Waals surface area contributed by atoms with Crippen molar-refractivity contribution in [2.75, 3.05) is 32.7 Å². The van der Waals surface area contributed by atoms with Crippen LogP contribution in [0.25, 0.3) is 0 Å². The summed E-state index contributed by atoms with van der Waals surface area (Å²) in [6.07, 6.45) is 0. The second-order valence-corrected chi connectivity index (χ2v) is 6.57. The maximum atomic E-state index is 12.4. The lowest BCUT2D eigenvalue weighted by atomic mass is 9.94. The van der Waals surface area contributed by atoms with Crippen LogP contribution in [0.4, 0.5) is 0 Å². The maximum absolute atomic E-state index is 12.4. The summed E-state index contributed by atoms with van der Waals surface area (Å²) < 4.78 is 0. The predicted octanol–water partition coefficient (Wildman–Crippen LogP) is 1.16. The topological polar surface area (TPSA) is 49.6 Å². The largest absolute Gasteiger partial charge is 0.340 e. The van der Waals surface area contributed by atoms with E-state index in [0.717, 1.165) is 26.2 Å². The molecule has 18 heavy (non-hydrogen) atoms. The smallest absolute Gasteiger partial charge is 0.227 e. The molecule has 1 saturated heterocycles. The van der Waals surface area contributed by atoms with Crippen LogP contribution >= 0.6 is 0 Å². The van der Waals surface area contributed by atoms with Crippen LogP contribution in [-0.4, -0.2) is 54.0 Å². The zero-order valence-electron chi connectivity index (χ0n) is 12.6. The predicted molar refractivity (Wildman–Crippen MR) is 75.3 cm³/mol. The van der Waals surface area contributed by atoms with Crippen LogP contribution in [0.1, 0.15) is 34.6 Å². The molecule has 1 aliphatic heterocycles. The van der Waals surface area contributed by atoms with E-state index in [4.69, 9.17) is 5.73 Å². The number of nitrogens with two attached hydrogens (primary N) is 1. The summed E-state index contributed by atoms with van der Waals surface area (Å²) in [5, 5.41) is 0. The average molecular weight is 255 g/mol. The summed E-state index contributed by atoms with van der Waals surface area (Å²) in [7, 11) is 0. The van der Waals surface area contributed by atoms with Crippen LogP contribution in [0.3, 0.4) is 0 Å². The Morgan fingerprint density at radius 1 is 1.17 bits per heavy atom. The molecule has 0 aromatic heterocycles. The zero-order valence-corrected chi connectivity index (χ0v) is 12.6. The Morgan fingerprint density at radius 3 is 2.00 bits per heavy atom. The van der Waals surface area contributed by atoms with Gasteiger partial charge in [0, 0.05) is 38.3 Å². The van der Waals surface area contributed by atoms with Crippen molar-refractivity contribution in [1.29, 1.82) is 0 Å². The molecular weight excluding hydrogens is 226 g/mol. The molecule has 1 fully saturated rings. The molecule has 1 atom stereocenters. The number of amides is 1. The molecule has 0 aromatic rings. The van der Waals surface area contributed by atoms with E-state index in [-0.39, 0.29) is 17.4 Å². The SMILES string of the molecule is CC(C)C(CN)C(=O)N1CCN(C(C)(C)C)CC1. The molecule has 1 rings (SSSR count). The van der Waals surface area contributed by atoms with Gasteiger partial charge in [-0.3, -0.25) is 9.69 Å². The molecule has 1 aliphatic rings. The van der Waals surface area contributed by atoms with Crippen molar-refractivity contribution in [3.8, 4) is 0 Å². The zero-order chi connectivity index (χ0) is 13.9. The number of rotatable bonds is 3. The quantitative estimate of drug-likeness (QED) is 0.823. The first-order valence-electron chi connectivity index (χ1n) is 7.01. The Balaban J connectivity index is 2.55. The van der Waals surface area contributed by atoms with E-state index < -0.39 is 0 Å². The molecule has 4 nitrogen and oxygen atoms in total. The molecule has 1 amide bonds. The van der Waals surface area contributed by atoms with Crippen molar-refractivity contribution in [3.63, 3.8) is 0 Å². The lowest BCUT2D eigenvalue weighted by Crippen LogP contribution is -2.56. The van der Waals surface area contributed by atoms with Gasteiger partial charge in [-0.05, 0) is 26.7 Å². The van der Waals surface area contributed by atoms with Gasteiger partial charge < -0.3 is 10.6 Å². The van der Waals surface area contributed by atoms with Crippen LogP contribution in [0.5, 0.6) is 0 Å². The summed E-state index contributed by atoms with van der Waals surface area (Å²) in [6.45, 7) is 14.9. The van der Waals surface area contributed by atoms with Crippen molar-refractivity contribution in [2.45, 2.75) is 40.2 Å². The maximum Gasteiger partial charge on any atom is 0.227 e. The van der Waals surface area contributed by atoms with Crippen LogP contribution < -0.4 is 5.73 Å². The van der Waals surface area contributed by atoms with Gasteiger partial charge in [-0.2, -0.15) is 0 Å². The summed E-state index contributed by atoms with van der Waals surface area (Å²) in [6, 6.07) is 0. The van der Waals surface area contributed by atoms with Gasteiger partial charge in [0.1, 0.15) is 0 Å². The molecule has 106 valence electrons. The molecule has 0 saturated carbocycles. The fourth-order valence-electron chi connectivity index (χ4n) is 2.49. The standard InChI is InChI=1S/C14H29N3O/c1-11(2)12(10-15)13(18)16-6-8-17(9-7-16)14(3,4)5/h11-12H,6-10,15H2,1-5H3. The lowest BCUT2D eigenvalue weighted by Gasteiger charge is -2.43. The third-order valence-corrected chi connectivity index (χ3v) is 3.92. The first-order chi connectivity index (χ1) is 8.27. The van der Waals surface area contributed by atoms with Crippen molar-refractivity contribution in [3.05, 3.63) is 0 Å². The lowest BCUT2D eigenvalue weighted by molar-refractivity contribution is -0.139. The number of piperazine rings is 1. The number of nitrogens with zero attached hydrogens (tertiary/aromatic N) is 2. The fraction of sp³-hybridized carbons (Fsp3) is 0.929. The average Bonchev–Trinajstić information content (AvgIpc) is 2.28. The van der Waals surface area contributed by atoms with Crippen molar-refractivity contribution in [2.24, 2.45) is 17.6 Å². The summed E-state index contributed by atoms with van der Waals surface area (Å²) >= 11 is 0. The van der Waals surface area contributed by atoms with E-state index in [9.17, 15) is 4.79 Å². The van der Waals surface area contributed by atoms with Gasteiger partial charge in [-0.15, -0.1) is 0 Å². The highest BCUT2D eigenvalue weighted by atomic mass is 16.2. The van der Waals surface area contributed by atoms with Crippen molar-refractivity contribution < 1.29 is 4.79 Å². The molecule has 0 radical (unpaired) electrons. The molecule has 4 heteroatoms. The minimum Gasteiger partial charge on any atom is -0.340 e. The molecule has 0 spiro atoms. The third kappa shape index (κ3) is 3.69. The van der Waals surface area contributed by atoms with Crippen LogP contribution in [0, 0.1) is 11.8 Å². The molecule has 1 unspecified atom stereocenters. The van der Waals surface area contributed by atoms with Crippen LogP contribution in [0.2, 0.25) is 0 Å². The monoisotopic (exact) mass is 255 g/mol. The van der Waals surface area contributed by atoms with E-state index in [1.165, 1.54) is 0 Å². The van der Waals surface area contributed by atoms with Crippen molar-refractivity contribution >= 4 is 5.91 Å². The molecule has 1 heterocycles. The fourth-order valence-corrected chi connectivity index (χ4v) is 2.49. The van der Waals surface area contributed by atoms with Gasteiger partial charge in [0.25, 0.3) is 0 Å². The molecule has 0 aliphatic carbocycles. The van der Waals surface area contributed by atoms with E-state index in [2.05, 4.69) is 39.5 Å². The van der Waals surface area contributed by atoms with Gasteiger partial charge in [-0.1, -0.05) is 13.8 Å². The summed E-state index contributed by atoms with van der Waals surface area (Å²) in [5.41, 5.74) is 5.91. The highest BCUT2D eigenvalue weighted by Crippen LogP contribution is 2.19.